The van der Waals surface area contributed by atoms with Crippen LogP contribution >= 0.6 is 0 Å². The average Bonchev–Trinajstić information content (AvgIpc) is 3.04. The minimum atomic E-state index is 0.152. The molecule has 0 N–H and O–H groups in total. The number of aromatic nitrogens is 2. The Balaban J connectivity index is 1.88. The number of nitrogens with zero attached hydrogens (tertiary/aromatic N) is 2. The zero-order valence-corrected chi connectivity index (χ0v) is 12.7. The molecule has 0 radical (unpaired) electrons. The van der Waals surface area contributed by atoms with Gasteiger partial charge < -0.3 is 9.30 Å². The minimum Gasteiger partial charge on any atom is -0.369 e. The molecule has 2 rings (SSSR count). The van der Waals surface area contributed by atoms with Crippen LogP contribution in [-0.2, 0) is 11.3 Å². The Morgan fingerprint density at radius 3 is 2.81 bits per heavy atom. The first-order valence-corrected chi connectivity index (χ1v) is 7.69. The molecule has 0 bridgehead atoms. The normalized spacial score (nSPS) is 12.8. The zero-order valence-electron chi connectivity index (χ0n) is 12.7. The van der Waals surface area contributed by atoms with Crippen LogP contribution < -0.4 is 0 Å². The highest BCUT2D eigenvalue weighted by molar-refractivity contribution is 5.23. The van der Waals surface area contributed by atoms with Gasteiger partial charge in [0.15, 0.2) is 0 Å². The average molecular weight is 284 g/mol. The maximum absolute atomic E-state index is 6.05. The summed E-state index contributed by atoms with van der Waals surface area (Å²) in [5.41, 5.74) is 1.22. The van der Waals surface area contributed by atoms with E-state index in [4.69, 9.17) is 4.74 Å². The highest BCUT2D eigenvalue weighted by Gasteiger charge is 2.05. The van der Waals surface area contributed by atoms with Crippen molar-refractivity contribution in [3.05, 3.63) is 60.7 Å². The molecule has 0 amide bonds. The topological polar surface area (TPSA) is 27.1 Å². The van der Waals surface area contributed by atoms with Gasteiger partial charge in [-0.25, -0.2) is 4.98 Å². The van der Waals surface area contributed by atoms with E-state index in [0.29, 0.717) is 6.61 Å². The Labute approximate surface area is 127 Å². The van der Waals surface area contributed by atoms with Crippen molar-refractivity contribution in [2.45, 2.75) is 45.3 Å². The van der Waals surface area contributed by atoms with E-state index in [9.17, 15) is 0 Å². The van der Waals surface area contributed by atoms with Gasteiger partial charge in [-0.1, -0.05) is 56.5 Å². The second-order valence-electron chi connectivity index (χ2n) is 5.18. The molecular weight excluding hydrogens is 260 g/mol. The number of ether oxygens (including phenoxy) is 1. The van der Waals surface area contributed by atoms with E-state index < -0.39 is 0 Å². The quantitative estimate of drug-likeness (QED) is 0.633. The Bertz CT molecular complexity index is 505. The molecule has 0 aliphatic heterocycles. The van der Waals surface area contributed by atoms with Crippen LogP contribution in [-0.4, -0.2) is 15.7 Å². The lowest BCUT2D eigenvalue weighted by Gasteiger charge is -2.14. The van der Waals surface area contributed by atoms with Gasteiger partial charge in [-0.3, -0.25) is 0 Å². The summed E-state index contributed by atoms with van der Waals surface area (Å²) in [6.07, 6.45) is 14.5. The van der Waals surface area contributed by atoms with E-state index in [1.807, 2.05) is 35.2 Å². The molecule has 1 heterocycles. The van der Waals surface area contributed by atoms with Crippen molar-refractivity contribution in [1.82, 2.24) is 9.55 Å². The third kappa shape index (κ3) is 5.96. The standard InChI is InChI=1S/C18H24N2O/c1-2-3-5-10-18(11-13-20-14-12-19-16-20)21-15-17-8-6-4-7-9-17/h4,6-9,11-14,16,18H,2-3,5,10,15H2,1H3/b13-11+/t18-/m1/s1. The highest BCUT2D eigenvalue weighted by Crippen LogP contribution is 2.12. The lowest BCUT2D eigenvalue weighted by Crippen LogP contribution is -2.10. The third-order valence-electron chi connectivity index (χ3n) is 3.40. The lowest BCUT2D eigenvalue weighted by atomic mass is 10.1. The van der Waals surface area contributed by atoms with Gasteiger partial charge in [0.2, 0.25) is 0 Å². The first-order chi connectivity index (χ1) is 10.4. The maximum atomic E-state index is 6.05. The van der Waals surface area contributed by atoms with Gasteiger partial charge in [-0.2, -0.15) is 0 Å². The third-order valence-corrected chi connectivity index (χ3v) is 3.40. The van der Waals surface area contributed by atoms with Crippen LogP contribution in [0.4, 0.5) is 0 Å². The van der Waals surface area contributed by atoms with E-state index in [1.54, 1.807) is 12.5 Å². The van der Waals surface area contributed by atoms with Crippen LogP contribution in [0.25, 0.3) is 6.20 Å². The summed E-state index contributed by atoms with van der Waals surface area (Å²) in [5, 5.41) is 0. The van der Waals surface area contributed by atoms with E-state index >= 15 is 0 Å². The number of benzene rings is 1. The van der Waals surface area contributed by atoms with Crippen LogP contribution in [0.15, 0.2) is 55.1 Å². The van der Waals surface area contributed by atoms with Crippen molar-refractivity contribution >= 4 is 6.20 Å². The fraction of sp³-hybridized carbons (Fsp3) is 0.389. The number of hydrogen-bond donors (Lipinski definition) is 0. The van der Waals surface area contributed by atoms with Gasteiger partial charge in [0, 0.05) is 18.6 Å². The maximum Gasteiger partial charge on any atom is 0.0986 e. The predicted molar refractivity (Wildman–Crippen MR) is 86.7 cm³/mol. The SMILES string of the molecule is CCCCC[C@H](/C=C/n1ccnc1)OCc1ccccc1. The van der Waals surface area contributed by atoms with Crippen molar-refractivity contribution in [2.24, 2.45) is 0 Å². The smallest absolute Gasteiger partial charge is 0.0986 e. The summed E-state index contributed by atoms with van der Waals surface area (Å²) in [4.78, 5) is 4.04. The van der Waals surface area contributed by atoms with E-state index in [0.717, 1.165) is 6.42 Å². The number of imidazole rings is 1. The second kappa shape index (κ2) is 9.14. The highest BCUT2D eigenvalue weighted by atomic mass is 16.5. The van der Waals surface area contributed by atoms with Crippen LogP contribution in [0.5, 0.6) is 0 Å². The fourth-order valence-corrected chi connectivity index (χ4v) is 2.16. The Hall–Kier alpha value is -1.87. The lowest BCUT2D eigenvalue weighted by molar-refractivity contribution is 0.0652. The Kier molecular flexibility index (Phi) is 6.75. The van der Waals surface area contributed by atoms with Crippen LogP contribution in [0, 0.1) is 0 Å². The van der Waals surface area contributed by atoms with Crippen LogP contribution in [0.1, 0.15) is 38.2 Å². The molecule has 0 unspecified atom stereocenters. The van der Waals surface area contributed by atoms with Gasteiger partial charge in [0.05, 0.1) is 19.0 Å². The molecular formula is C18H24N2O. The molecule has 112 valence electrons. The minimum absolute atomic E-state index is 0.152. The number of hydrogen-bond acceptors (Lipinski definition) is 2. The molecule has 0 spiro atoms. The molecule has 0 saturated heterocycles. The van der Waals surface area contributed by atoms with Crippen molar-refractivity contribution in [2.75, 3.05) is 0 Å². The molecule has 0 aliphatic rings. The van der Waals surface area contributed by atoms with Gasteiger partial charge in [0.1, 0.15) is 0 Å². The number of rotatable bonds is 9. The predicted octanol–water partition coefficient (Wildman–Crippen LogP) is 4.52. The van der Waals surface area contributed by atoms with Gasteiger partial charge in [-0.05, 0) is 18.1 Å². The first kappa shape index (κ1) is 15.5. The second-order valence-corrected chi connectivity index (χ2v) is 5.18. The summed E-state index contributed by atoms with van der Waals surface area (Å²) >= 11 is 0. The van der Waals surface area contributed by atoms with E-state index in [-0.39, 0.29) is 6.10 Å². The fourth-order valence-electron chi connectivity index (χ4n) is 2.16. The molecule has 21 heavy (non-hydrogen) atoms. The summed E-state index contributed by atoms with van der Waals surface area (Å²) in [5.74, 6) is 0. The molecule has 0 fully saturated rings. The largest absolute Gasteiger partial charge is 0.369 e. The zero-order chi connectivity index (χ0) is 14.8. The molecule has 1 atom stereocenters. The molecule has 1 aromatic heterocycles. The monoisotopic (exact) mass is 284 g/mol. The van der Waals surface area contributed by atoms with Crippen molar-refractivity contribution in [1.29, 1.82) is 0 Å². The Morgan fingerprint density at radius 1 is 1.24 bits per heavy atom. The van der Waals surface area contributed by atoms with E-state index in [2.05, 4.69) is 30.1 Å². The van der Waals surface area contributed by atoms with Crippen LogP contribution in [0.3, 0.4) is 0 Å². The summed E-state index contributed by atoms with van der Waals surface area (Å²) in [6.45, 7) is 2.88. The van der Waals surface area contributed by atoms with Gasteiger partial charge in [0.25, 0.3) is 0 Å². The summed E-state index contributed by atoms with van der Waals surface area (Å²) < 4.78 is 8.00. The first-order valence-electron chi connectivity index (χ1n) is 7.69. The molecule has 3 nitrogen and oxygen atoms in total. The molecule has 0 aliphatic carbocycles. The number of unbranched alkanes of at least 4 members (excludes halogenated alkanes) is 2. The van der Waals surface area contributed by atoms with Crippen LogP contribution in [0.2, 0.25) is 0 Å². The van der Waals surface area contributed by atoms with Crippen molar-refractivity contribution in [3.63, 3.8) is 0 Å². The molecule has 1 aromatic carbocycles. The summed E-state index contributed by atoms with van der Waals surface area (Å²) in [6, 6.07) is 10.3. The van der Waals surface area contributed by atoms with Gasteiger partial charge in [-0.15, -0.1) is 0 Å². The summed E-state index contributed by atoms with van der Waals surface area (Å²) in [7, 11) is 0. The van der Waals surface area contributed by atoms with E-state index in [1.165, 1.54) is 24.8 Å². The van der Waals surface area contributed by atoms with Gasteiger partial charge >= 0.3 is 0 Å². The molecule has 3 heteroatoms. The van der Waals surface area contributed by atoms with Crippen molar-refractivity contribution in [3.8, 4) is 0 Å². The molecule has 2 aromatic rings. The van der Waals surface area contributed by atoms with Crippen molar-refractivity contribution < 1.29 is 4.74 Å². The Morgan fingerprint density at radius 2 is 2.10 bits per heavy atom. The molecule has 0 saturated carbocycles.